The summed E-state index contributed by atoms with van der Waals surface area (Å²) in [5, 5.41) is 4.23. The SMILES string of the molecule is Cn1nc(-c2ccc(OC3CCN(C=O)CC3)cc2)ccc1=O. The van der Waals surface area contributed by atoms with Gasteiger partial charge in [-0.15, -0.1) is 0 Å². The van der Waals surface area contributed by atoms with Crippen molar-refractivity contribution in [2.45, 2.75) is 18.9 Å². The molecule has 1 aliphatic heterocycles. The second-order valence-electron chi connectivity index (χ2n) is 5.66. The lowest BCUT2D eigenvalue weighted by atomic mass is 10.1. The normalized spacial score (nSPS) is 15.4. The van der Waals surface area contributed by atoms with E-state index in [9.17, 15) is 9.59 Å². The minimum Gasteiger partial charge on any atom is -0.490 e. The lowest BCUT2D eigenvalue weighted by Gasteiger charge is -2.29. The quantitative estimate of drug-likeness (QED) is 0.801. The fourth-order valence-corrected chi connectivity index (χ4v) is 2.65. The van der Waals surface area contributed by atoms with Gasteiger partial charge in [-0.2, -0.15) is 5.10 Å². The first-order chi connectivity index (χ1) is 11.2. The van der Waals surface area contributed by atoms with Crippen molar-refractivity contribution in [3.8, 4) is 17.0 Å². The third-order valence-corrected chi connectivity index (χ3v) is 4.04. The Balaban J connectivity index is 1.66. The molecule has 23 heavy (non-hydrogen) atoms. The molecule has 1 saturated heterocycles. The number of aromatic nitrogens is 2. The number of likely N-dealkylation sites (tertiary alicyclic amines) is 1. The molecule has 2 aromatic rings. The predicted octanol–water partition coefficient (Wildman–Crippen LogP) is 1.45. The summed E-state index contributed by atoms with van der Waals surface area (Å²) < 4.78 is 7.28. The maximum atomic E-state index is 11.4. The fourth-order valence-electron chi connectivity index (χ4n) is 2.65. The van der Waals surface area contributed by atoms with Gasteiger partial charge in [0.1, 0.15) is 11.9 Å². The van der Waals surface area contributed by atoms with Crippen molar-refractivity contribution in [2.75, 3.05) is 13.1 Å². The lowest BCUT2D eigenvalue weighted by Crippen LogP contribution is -2.37. The summed E-state index contributed by atoms with van der Waals surface area (Å²) >= 11 is 0. The molecule has 2 heterocycles. The summed E-state index contributed by atoms with van der Waals surface area (Å²) in [5.41, 5.74) is 1.55. The molecule has 1 aromatic heterocycles. The summed E-state index contributed by atoms with van der Waals surface area (Å²) in [5.74, 6) is 0.808. The van der Waals surface area contributed by atoms with E-state index in [2.05, 4.69) is 5.10 Å². The summed E-state index contributed by atoms with van der Waals surface area (Å²) in [4.78, 5) is 23.9. The van der Waals surface area contributed by atoms with Crippen LogP contribution < -0.4 is 10.3 Å². The topological polar surface area (TPSA) is 64.4 Å². The van der Waals surface area contributed by atoms with E-state index >= 15 is 0 Å². The molecule has 3 rings (SSSR count). The second kappa shape index (κ2) is 6.64. The van der Waals surface area contributed by atoms with Crippen LogP contribution in [0.1, 0.15) is 12.8 Å². The molecule has 0 saturated carbocycles. The summed E-state index contributed by atoms with van der Waals surface area (Å²) in [6.07, 6.45) is 2.74. The zero-order chi connectivity index (χ0) is 16.2. The number of piperidine rings is 1. The molecule has 0 spiro atoms. The molecule has 120 valence electrons. The highest BCUT2D eigenvalue weighted by Gasteiger charge is 2.19. The van der Waals surface area contributed by atoms with Crippen LogP contribution in [0, 0.1) is 0 Å². The molecule has 0 aliphatic carbocycles. The Morgan fingerprint density at radius 1 is 1.13 bits per heavy atom. The highest BCUT2D eigenvalue weighted by molar-refractivity contribution is 5.59. The van der Waals surface area contributed by atoms with Gasteiger partial charge in [0.05, 0.1) is 5.69 Å². The summed E-state index contributed by atoms with van der Waals surface area (Å²) in [6, 6.07) is 10.9. The van der Waals surface area contributed by atoms with Gasteiger partial charge in [0.2, 0.25) is 6.41 Å². The van der Waals surface area contributed by atoms with Gasteiger partial charge in [0.25, 0.3) is 5.56 Å². The van der Waals surface area contributed by atoms with E-state index in [1.54, 1.807) is 18.0 Å². The van der Waals surface area contributed by atoms with Gasteiger partial charge in [0.15, 0.2) is 0 Å². The zero-order valence-electron chi connectivity index (χ0n) is 13.0. The molecular formula is C17H19N3O3. The number of rotatable bonds is 4. The summed E-state index contributed by atoms with van der Waals surface area (Å²) in [6.45, 7) is 1.49. The average molecular weight is 313 g/mol. The molecule has 0 bridgehead atoms. The molecule has 0 radical (unpaired) electrons. The van der Waals surface area contributed by atoms with Crippen molar-refractivity contribution in [3.05, 3.63) is 46.8 Å². The minimum atomic E-state index is -0.129. The van der Waals surface area contributed by atoms with Crippen LogP contribution in [-0.2, 0) is 11.8 Å². The van der Waals surface area contributed by atoms with Crippen LogP contribution in [0.5, 0.6) is 5.75 Å². The third-order valence-electron chi connectivity index (χ3n) is 4.04. The van der Waals surface area contributed by atoms with Crippen molar-refractivity contribution in [1.29, 1.82) is 0 Å². The molecule has 6 nitrogen and oxygen atoms in total. The van der Waals surface area contributed by atoms with E-state index in [1.807, 2.05) is 24.3 Å². The Hall–Kier alpha value is -2.63. The standard InChI is InChI=1S/C17H19N3O3/c1-19-17(22)7-6-16(18-19)13-2-4-14(5-3-13)23-15-8-10-20(12-21)11-9-15/h2-7,12,15H,8-11H2,1H3. The number of hydrogen-bond acceptors (Lipinski definition) is 4. The average Bonchev–Trinajstić information content (AvgIpc) is 2.59. The minimum absolute atomic E-state index is 0.129. The molecule has 1 amide bonds. The van der Waals surface area contributed by atoms with Crippen molar-refractivity contribution >= 4 is 6.41 Å². The largest absolute Gasteiger partial charge is 0.490 e. The molecule has 1 aromatic carbocycles. The Morgan fingerprint density at radius 2 is 1.83 bits per heavy atom. The molecule has 1 aliphatic rings. The van der Waals surface area contributed by atoms with Crippen LogP contribution in [0.2, 0.25) is 0 Å². The van der Waals surface area contributed by atoms with Crippen molar-refractivity contribution in [1.82, 2.24) is 14.7 Å². The van der Waals surface area contributed by atoms with Crippen molar-refractivity contribution in [2.24, 2.45) is 7.05 Å². The zero-order valence-corrected chi connectivity index (χ0v) is 13.0. The van der Waals surface area contributed by atoms with E-state index in [-0.39, 0.29) is 11.7 Å². The van der Waals surface area contributed by atoms with Gasteiger partial charge in [-0.25, -0.2) is 4.68 Å². The fraction of sp³-hybridized carbons (Fsp3) is 0.353. The Morgan fingerprint density at radius 3 is 2.43 bits per heavy atom. The number of benzene rings is 1. The molecule has 0 N–H and O–H groups in total. The van der Waals surface area contributed by atoms with E-state index in [0.717, 1.165) is 49.3 Å². The summed E-state index contributed by atoms with van der Waals surface area (Å²) in [7, 11) is 1.63. The molecule has 6 heteroatoms. The Bertz CT molecular complexity index is 731. The number of ether oxygens (including phenoxy) is 1. The number of amides is 1. The third kappa shape index (κ3) is 3.59. The first-order valence-corrected chi connectivity index (χ1v) is 7.66. The Kier molecular flexibility index (Phi) is 4.41. The lowest BCUT2D eigenvalue weighted by molar-refractivity contribution is -0.119. The van der Waals surface area contributed by atoms with Crippen molar-refractivity contribution < 1.29 is 9.53 Å². The Labute approximate surface area is 134 Å². The van der Waals surface area contributed by atoms with Crippen LogP contribution >= 0.6 is 0 Å². The maximum Gasteiger partial charge on any atom is 0.266 e. The number of carbonyl (C=O) groups excluding carboxylic acids is 1. The van der Waals surface area contributed by atoms with E-state index in [1.165, 1.54) is 10.7 Å². The first-order valence-electron chi connectivity index (χ1n) is 7.66. The van der Waals surface area contributed by atoms with Crippen LogP contribution in [0.4, 0.5) is 0 Å². The highest BCUT2D eigenvalue weighted by Crippen LogP contribution is 2.22. The number of aryl methyl sites for hydroxylation is 1. The van der Waals surface area contributed by atoms with Gasteiger partial charge < -0.3 is 9.64 Å². The van der Waals surface area contributed by atoms with Gasteiger partial charge >= 0.3 is 0 Å². The predicted molar refractivity (Wildman–Crippen MR) is 86.2 cm³/mol. The van der Waals surface area contributed by atoms with E-state index < -0.39 is 0 Å². The van der Waals surface area contributed by atoms with Gasteiger partial charge in [-0.05, 0) is 30.3 Å². The van der Waals surface area contributed by atoms with Crippen molar-refractivity contribution in [3.63, 3.8) is 0 Å². The molecular weight excluding hydrogens is 294 g/mol. The number of carbonyl (C=O) groups is 1. The molecule has 0 unspecified atom stereocenters. The van der Waals surface area contributed by atoms with E-state index in [4.69, 9.17) is 4.74 Å². The van der Waals surface area contributed by atoms with Crippen LogP contribution in [0.15, 0.2) is 41.2 Å². The van der Waals surface area contributed by atoms with Crippen LogP contribution in [-0.4, -0.2) is 40.3 Å². The highest BCUT2D eigenvalue weighted by atomic mass is 16.5. The first kappa shape index (κ1) is 15.3. The van der Waals surface area contributed by atoms with Gasteiger partial charge in [-0.3, -0.25) is 9.59 Å². The van der Waals surface area contributed by atoms with Gasteiger partial charge in [-0.1, -0.05) is 0 Å². The van der Waals surface area contributed by atoms with E-state index in [0.29, 0.717) is 0 Å². The number of nitrogens with zero attached hydrogens (tertiary/aromatic N) is 3. The van der Waals surface area contributed by atoms with Crippen LogP contribution in [0.25, 0.3) is 11.3 Å². The maximum absolute atomic E-state index is 11.4. The second-order valence-corrected chi connectivity index (χ2v) is 5.66. The molecule has 0 atom stereocenters. The molecule has 1 fully saturated rings. The smallest absolute Gasteiger partial charge is 0.266 e. The van der Waals surface area contributed by atoms with Crippen LogP contribution in [0.3, 0.4) is 0 Å². The monoisotopic (exact) mass is 313 g/mol. The number of hydrogen-bond donors (Lipinski definition) is 0. The van der Waals surface area contributed by atoms with Gasteiger partial charge in [0, 0.05) is 44.6 Å².